The molecule has 1 aromatic heterocycles. The quantitative estimate of drug-likeness (QED) is 0.876. The van der Waals surface area contributed by atoms with Gasteiger partial charge in [0.25, 0.3) is 0 Å². The molecule has 0 spiro atoms. The number of aliphatic hydroxyl groups excluding tert-OH is 1. The fourth-order valence-corrected chi connectivity index (χ4v) is 2.83. The Bertz CT molecular complexity index is 666. The first-order valence-corrected chi connectivity index (χ1v) is 7.43. The number of nitrogens with zero attached hydrogens (tertiary/aromatic N) is 3. The van der Waals surface area contributed by atoms with Gasteiger partial charge in [-0.2, -0.15) is 5.26 Å². The Balaban J connectivity index is 1.67. The Morgan fingerprint density at radius 2 is 1.95 bits per heavy atom. The first kappa shape index (κ1) is 14.7. The van der Waals surface area contributed by atoms with Crippen LogP contribution in [0, 0.1) is 11.3 Å². The van der Waals surface area contributed by atoms with Crippen LogP contribution >= 0.6 is 0 Å². The maximum Gasteiger partial charge on any atom is 0.247 e. The first-order valence-electron chi connectivity index (χ1n) is 7.43. The molecule has 1 fully saturated rings. The van der Waals surface area contributed by atoms with Crippen LogP contribution in [0.2, 0.25) is 0 Å². The molecule has 6 heteroatoms. The molecular formula is C16H18N4O2. The summed E-state index contributed by atoms with van der Waals surface area (Å²) in [6.45, 7) is 0.577. The molecule has 1 aromatic carbocycles. The third kappa shape index (κ3) is 3.01. The minimum Gasteiger partial charge on any atom is -0.419 e. The van der Waals surface area contributed by atoms with Crippen LogP contribution in [0.1, 0.15) is 37.1 Å². The van der Waals surface area contributed by atoms with E-state index in [-0.39, 0.29) is 12.1 Å². The van der Waals surface area contributed by atoms with E-state index in [1.165, 1.54) is 0 Å². The lowest BCUT2D eigenvalue weighted by Gasteiger charge is -2.27. The highest BCUT2D eigenvalue weighted by molar-refractivity contribution is 5.54. The van der Waals surface area contributed by atoms with Crippen molar-refractivity contribution in [3.63, 3.8) is 0 Å². The first-order chi connectivity index (χ1) is 10.7. The predicted molar refractivity (Wildman–Crippen MR) is 79.6 cm³/mol. The Morgan fingerprint density at radius 1 is 1.23 bits per heavy atom. The second kappa shape index (κ2) is 6.26. The summed E-state index contributed by atoms with van der Waals surface area (Å²) in [5.41, 5.74) is 1.18. The van der Waals surface area contributed by atoms with Gasteiger partial charge in [0.05, 0.1) is 24.8 Å². The Morgan fingerprint density at radius 3 is 2.59 bits per heavy atom. The van der Waals surface area contributed by atoms with Crippen molar-refractivity contribution in [1.82, 2.24) is 15.5 Å². The van der Waals surface area contributed by atoms with Gasteiger partial charge in [-0.05, 0) is 37.1 Å². The Kier molecular flexibility index (Phi) is 4.18. The SMILES string of the molecule is N#Cc1ccc(-c2nnc(CNC3(CO)CCCC3)o2)cc1. The van der Waals surface area contributed by atoms with Crippen LogP contribution in [0.5, 0.6) is 0 Å². The molecule has 2 aromatic rings. The highest BCUT2D eigenvalue weighted by atomic mass is 16.4. The molecule has 0 unspecified atom stereocenters. The average molecular weight is 298 g/mol. The van der Waals surface area contributed by atoms with Gasteiger partial charge in [-0.3, -0.25) is 0 Å². The van der Waals surface area contributed by atoms with Crippen molar-refractivity contribution in [3.8, 4) is 17.5 Å². The lowest BCUT2D eigenvalue weighted by Crippen LogP contribution is -2.45. The van der Waals surface area contributed by atoms with E-state index in [1.807, 2.05) is 0 Å². The molecule has 1 aliphatic carbocycles. The van der Waals surface area contributed by atoms with Gasteiger partial charge in [-0.1, -0.05) is 12.8 Å². The Labute approximate surface area is 128 Å². The van der Waals surface area contributed by atoms with Gasteiger partial charge in [-0.25, -0.2) is 0 Å². The molecule has 22 heavy (non-hydrogen) atoms. The van der Waals surface area contributed by atoms with Gasteiger partial charge in [0, 0.05) is 11.1 Å². The van der Waals surface area contributed by atoms with E-state index in [1.54, 1.807) is 24.3 Å². The summed E-state index contributed by atoms with van der Waals surface area (Å²) in [6.07, 6.45) is 4.21. The number of hydrogen-bond donors (Lipinski definition) is 2. The second-order valence-corrected chi connectivity index (χ2v) is 5.69. The fraction of sp³-hybridized carbons (Fsp3) is 0.438. The molecule has 0 radical (unpaired) electrons. The summed E-state index contributed by atoms with van der Waals surface area (Å²) in [5, 5.41) is 29.8. The van der Waals surface area contributed by atoms with Crippen LogP contribution in [0.3, 0.4) is 0 Å². The number of rotatable bonds is 5. The topological polar surface area (TPSA) is 95.0 Å². The minimum atomic E-state index is -0.205. The van der Waals surface area contributed by atoms with Crippen LogP contribution in [0.25, 0.3) is 11.5 Å². The van der Waals surface area contributed by atoms with E-state index in [4.69, 9.17) is 9.68 Å². The van der Waals surface area contributed by atoms with Gasteiger partial charge in [0.15, 0.2) is 0 Å². The fourth-order valence-electron chi connectivity index (χ4n) is 2.83. The van der Waals surface area contributed by atoms with Crippen molar-refractivity contribution in [2.45, 2.75) is 37.8 Å². The van der Waals surface area contributed by atoms with Crippen molar-refractivity contribution < 1.29 is 9.52 Å². The van der Waals surface area contributed by atoms with Crippen LogP contribution < -0.4 is 5.32 Å². The molecule has 1 saturated carbocycles. The summed E-state index contributed by atoms with van der Waals surface area (Å²) >= 11 is 0. The zero-order valence-electron chi connectivity index (χ0n) is 12.2. The van der Waals surface area contributed by atoms with E-state index in [9.17, 15) is 5.11 Å². The maximum absolute atomic E-state index is 9.57. The van der Waals surface area contributed by atoms with Crippen molar-refractivity contribution in [2.24, 2.45) is 0 Å². The zero-order chi connectivity index (χ0) is 15.4. The zero-order valence-corrected chi connectivity index (χ0v) is 12.2. The largest absolute Gasteiger partial charge is 0.419 e. The molecule has 2 N–H and O–H groups in total. The number of aliphatic hydroxyl groups is 1. The summed E-state index contributed by atoms with van der Waals surface area (Å²) in [4.78, 5) is 0. The van der Waals surface area contributed by atoms with E-state index in [2.05, 4.69) is 21.6 Å². The van der Waals surface area contributed by atoms with Gasteiger partial charge < -0.3 is 14.8 Å². The van der Waals surface area contributed by atoms with E-state index in [0.717, 1.165) is 31.2 Å². The maximum atomic E-state index is 9.57. The number of nitriles is 1. The van der Waals surface area contributed by atoms with Crippen LogP contribution in [-0.2, 0) is 6.54 Å². The highest BCUT2D eigenvalue weighted by Gasteiger charge is 2.32. The summed E-state index contributed by atoms with van der Waals surface area (Å²) in [7, 11) is 0. The Hall–Kier alpha value is -2.23. The van der Waals surface area contributed by atoms with E-state index < -0.39 is 0 Å². The highest BCUT2D eigenvalue weighted by Crippen LogP contribution is 2.29. The molecule has 6 nitrogen and oxygen atoms in total. The van der Waals surface area contributed by atoms with Crippen molar-refractivity contribution in [2.75, 3.05) is 6.61 Å². The van der Waals surface area contributed by atoms with Crippen LogP contribution in [0.15, 0.2) is 28.7 Å². The van der Waals surface area contributed by atoms with Crippen molar-refractivity contribution >= 4 is 0 Å². The molecule has 0 amide bonds. The summed E-state index contributed by atoms with van der Waals surface area (Å²) < 4.78 is 5.64. The lowest BCUT2D eigenvalue weighted by atomic mass is 9.99. The number of benzene rings is 1. The number of aromatic nitrogens is 2. The van der Waals surface area contributed by atoms with E-state index >= 15 is 0 Å². The van der Waals surface area contributed by atoms with Crippen LogP contribution in [0.4, 0.5) is 0 Å². The van der Waals surface area contributed by atoms with Crippen molar-refractivity contribution in [1.29, 1.82) is 5.26 Å². The monoisotopic (exact) mass is 298 g/mol. The average Bonchev–Trinajstić information content (AvgIpc) is 3.23. The van der Waals surface area contributed by atoms with Gasteiger partial charge >= 0.3 is 0 Å². The normalized spacial score (nSPS) is 16.5. The minimum absolute atomic E-state index is 0.129. The van der Waals surface area contributed by atoms with Crippen LogP contribution in [-0.4, -0.2) is 27.4 Å². The molecular weight excluding hydrogens is 280 g/mol. The molecule has 0 atom stereocenters. The van der Waals surface area contributed by atoms with Gasteiger partial charge in [0.1, 0.15) is 0 Å². The molecule has 0 saturated heterocycles. The molecule has 0 bridgehead atoms. The molecule has 1 aliphatic rings. The lowest BCUT2D eigenvalue weighted by molar-refractivity contribution is 0.159. The molecule has 1 heterocycles. The van der Waals surface area contributed by atoms with Gasteiger partial charge in [0.2, 0.25) is 11.8 Å². The predicted octanol–water partition coefficient (Wildman–Crippen LogP) is 2.00. The van der Waals surface area contributed by atoms with E-state index in [0.29, 0.717) is 23.9 Å². The molecule has 3 rings (SSSR count). The molecule has 0 aliphatic heterocycles. The summed E-state index contributed by atoms with van der Waals surface area (Å²) in [5.74, 6) is 0.935. The van der Waals surface area contributed by atoms with Crippen molar-refractivity contribution in [3.05, 3.63) is 35.7 Å². The van der Waals surface area contributed by atoms with Gasteiger partial charge in [-0.15, -0.1) is 10.2 Å². The smallest absolute Gasteiger partial charge is 0.247 e. The standard InChI is InChI=1S/C16H18N4O2/c17-9-12-3-5-13(6-4-12)15-20-19-14(22-15)10-18-16(11-21)7-1-2-8-16/h3-6,18,21H,1-2,7-8,10-11H2. The third-order valence-corrected chi connectivity index (χ3v) is 4.21. The number of hydrogen-bond acceptors (Lipinski definition) is 6. The number of nitrogens with one attached hydrogen (secondary N) is 1. The summed E-state index contributed by atoms with van der Waals surface area (Å²) in [6, 6.07) is 9.08. The second-order valence-electron chi connectivity index (χ2n) is 5.69. The third-order valence-electron chi connectivity index (χ3n) is 4.21. The molecule has 114 valence electrons.